The third-order valence-corrected chi connectivity index (χ3v) is 3.22. The van der Waals surface area contributed by atoms with Gasteiger partial charge in [0.25, 0.3) is 0 Å². The highest BCUT2D eigenvalue weighted by atomic mass is 16.8. The van der Waals surface area contributed by atoms with Crippen LogP contribution in [0.3, 0.4) is 0 Å². The first kappa shape index (κ1) is 20.0. The molecule has 1 aromatic carbocycles. The van der Waals surface area contributed by atoms with E-state index in [1.165, 1.54) is 6.92 Å². The van der Waals surface area contributed by atoms with Crippen LogP contribution >= 0.6 is 0 Å². The van der Waals surface area contributed by atoms with E-state index in [0.29, 0.717) is 11.3 Å². The van der Waals surface area contributed by atoms with Gasteiger partial charge in [-0.2, -0.15) is 0 Å². The minimum atomic E-state index is -1.04. The maximum atomic E-state index is 11.9. The first-order valence-electron chi connectivity index (χ1n) is 7.80. The van der Waals surface area contributed by atoms with Crippen LogP contribution in [0.25, 0.3) is 0 Å². The molecule has 0 aromatic heterocycles. The summed E-state index contributed by atoms with van der Waals surface area (Å²) in [5, 5.41) is 0. The minimum absolute atomic E-state index is 0.0549. The zero-order valence-electron chi connectivity index (χ0n) is 15.4. The normalized spacial score (nSPS) is 11.3. The Hall–Kier alpha value is -2.08. The summed E-state index contributed by atoms with van der Waals surface area (Å²) >= 11 is 0. The van der Waals surface area contributed by atoms with Gasteiger partial charge in [0, 0.05) is 12.5 Å². The molecule has 1 aromatic rings. The Kier molecular flexibility index (Phi) is 6.78. The van der Waals surface area contributed by atoms with Crippen molar-refractivity contribution in [1.29, 1.82) is 0 Å². The van der Waals surface area contributed by atoms with E-state index in [4.69, 9.17) is 18.9 Å². The lowest BCUT2D eigenvalue weighted by Crippen LogP contribution is -2.29. The molecule has 0 fully saturated rings. The van der Waals surface area contributed by atoms with Crippen molar-refractivity contribution in [3.63, 3.8) is 0 Å². The molecule has 0 bridgehead atoms. The van der Waals surface area contributed by atoms with E-state index >= 15 is 0 Å². The predicted molar refractivity (Wildman–Crippen MR) is 88.9 cm³/mol. The van der Waals surface area contributed by atoms with Gasteiger partial charge in [0.2, 0.25) is 0 Å². The van der Waals surface area contributed by atoms with Crippen molar-refractivity contribution in [2.45, 2.75) is 60.2 Å². The van der Waals surface area contributed by atoms with Crippen molar-refractivity contribution in [1.82, 2.24) is 0 Å². The molecule has 6 nitrogen and oxygen atoms in total. The topological polar surface area (TPSA) is 71.1 Å². The molecule has 0 unspecified atom stereocenters. The molecule has 0 radical (unpaired) electrons. The number of benzene rings is 1. The largest absolute Gasteiger partial charge is 0.511 e. The minimum Gasteiger partial charge on any atom is -0.426 e. The molecule has 1 rings (SSSR count). The molecule has 0 aliphatic carbocycles. The van der Waals surface area contributed by atoms with E-state index < -0.39 is 17.7 Å². The highest BCUT2D eigenvalue weighted by Gasteiger charge is 2.32. The molecule has 0 amide bonds. The SMILES string of the molecule is CC(=O)Oc1cc(C)cc(C)c1C(C)(C)OC(=O)OCOC(C)C. The van der Waals surface area contributed by atoms with Gasteiger partial charge in [0.05, 0.1) is 6.10 Å². The molecule has 6 heteroatoms. The number of hydrogen-bond donors (Lipinski definition) is 0. The second-order valence-electron chi connectivity index (χ2n) is 6.39. The van der Waals surface area contributed by atoms with E-state index in [-0.39, 0.29) is 12.9 Å². The van der Waals surface area contributed by atoms with Gasteiger partial charge >= 0.3 is 12.1 Å². The van der Waals surface area contributed by atoms with Crippen LogP contribution in [0.4, 0.5) is 4.79 Å². The van der Waals surface area contributed by atoms with Crippen molar-refractivity contribution in [3.05, 3.63) is 28.8 Å². The third-order valence-electron chi connectivity index (χ3n) is 3.22. The number of aryl methyl sites for hydroxylation is 2. The van der Waals surface area contributed by atoms with Crippen molar-refractivity contribution in [3.8, 4) is 5.75 Å². The summed E-state index contributed by atoms with van der Waals surface area (Å²) in [6, 6.07) is 3.67. The van der Waals surface area contributed by atoms with Gasteiger partial charge in [-0.1, -0.05) is 6.07 Å². The lowest BCUT2D eigenvalue weighted by atomic mass is 9.91. The molecule has 0 heterocycles. The highest BCUT2D eigenvalue weighted by molar-refractivity contribution is 5.70. The van der Waals surface area contributed by atoms with E-state index in [1.54, 1.807) is 19.9 Å². The number of ether oxygens (including phenoxy) is 4. The maximum Gasteiger partial charge on any atom is 0.511 e. The molecule has 0 spiro atoms. The molecule has 0 saturated heterocycles. The van der Waals surface area contributed by atoms with Gasteiger partial charge in [-0.05, 0) is 58.7 Å². The summed E-state index contributed by atoms with van der Waals surface area (Å²) in [5.74, 6) is -0.0683. The number of esters is 1. The summed E-state index contributed by atoms with van der Waals surface area (Å²) in [5.41, 5.74) is 1.36. The number of rotatable bonds is 6. The van der Waals surface area contributed by atoms with Crippen LogP contribution in [-0.2, 0) is 24.6 Å². The molecule has 134 valence electrons. The zero-order chi connectivity index (χ0) is 18.5. The summed E-state index contributed by atoms with van der Waals surface area (Å²) in [4.78, 5) is 23.3. The van der Waals surface area contributed by atoms with Gasteiger partial charge in [0.1, 0.15) is 11.4 Å². The first-order valence-corrected chi connectivity index (χ1v) is 7.80. The molecular formula is C18H26O6. The van der Waals surface area contributed by atoms with Crippen LogP contribution in [0.1, 0.15) is 51.3 Å². The van der Waals surface area contributed by atoms with Gasteiger partial charge in [-0.3, -0.25) is 4.79 Å². The number of hydrogen-bond acceptors (Lipinski definition) is 6. The summed E-state index contributed by atoms with van der Waals surface area (Å²) in [6.07, 6.45) is -0.907. The number of carbonyl (C=O) groups excluding carboxylic acids is 2. The van der Waals surface area contributed by atoms with Crippen LogP contribution in [0.2, 0.25) is 0 Å². The third kappa shape index (κ3) is 5.85. The summed E-state index contributed by atoms with van der Waals surface area (Å²) < 4.78 is 20.8. The monoisotopic (exact) mass is 338 g/mol. The lowest BCUT2D eigenvalue weighted by Gasteiger charge is -2.28. The molecule has 0 N–H and O–H groups in total. The number of carbonyl (C=O) groups is 2. The van der Waals surface area contributed by atoms with Crippen LogP contribution in [0, 0.1) is 13.8 Å². The smallest absolute Gasteiger partial charge is 0.426 e. The molecular weight excluding hydrogens is 312 g/mol. The zero-order valence-corrected chi connectivity index (χ0v) is 15.4. The Labute approximate surface area is 143 Å². The molecule has 24 heavy (non-hydrogen) atoms. The highest BCUT2D eigenvalue weighted by Crippen LogP contribution is 2.37. The lowest BCUT2D eigenvalue weighted by molar-refractivity contribution is -0.132. The predicted octanol–water partition coefficient (Wildman–Crippen LogP) is 4.00. The molecule has 0 saturated carbocycles. The van der Waals surface area contributed by atoms with Crippen molar-refractivity contribution in [2.75, 3.05) is 6.79 Å². The van der Waals surface area contributed by atoms with Crippen LogP contribution in [-0.4, -0.2) is 25.0 Å². The van der Waals surface area contributed by atoms with Crippen molar-refractivity contribution >= 4 is 12.1 Å². The Morgan fingerprint density at radius 2 is 1.79 bits per heavy atom. The van der Waals surface area contributed by atoms with Crippen molar-refractivity contribution < 1.29 is 28.5 Å². The average Bonchev–Trinajstić information content (AvgIpc) is 2.34. The van der Waals surface area contributed by atoms with E-state index in [0.717, 1.165) is 11.1 Å². The Morgan fingerprint density at radius 1 is 1.17 bits per heavy atom. The fourth-order valence-electron chi connectivity index (χ4n) is 2.44. The van der Waals surface area contributed by atoms with E-state index in [9.17, 15) is 9.59 Å². The Morgan fingerprint density at radius 3 is 2.33 bits per heavy atom. The fraction of sp³-hybridized carbons (Fsp3) is 0.556. The summed E-state index contributed by atoms with van der Waals surface area (Å²) in [7, 11) is 0. The van der Waals surface area contributed by atoms with Crippen LogP contribution < -0.4 is 4.74 Å². The Bertz CT molecular complexity index is 604. The van der Waals surface area contributed by atoms with Crippen LogP contribution in [0.15, 0.2) is 12.1 Å². The van der Waals surface area contributed by atoms with Crippen LogP contribution in [0.5, 0.6) is 5.75 Å². The maximum absolute atomic E-state index is 11.9. The standard InChI is InChI=1S/C18H26O6/c1-11(2)21-10-22-17(20)24-18(6,7)16-13(4)8-12(3)9-15(16)23-14(5)19/h8-9,11H,10H2,1-7H3. The van der Waals surface area contributed by atoms with Crippen molar-refractivity contribution in [2.24, 2.45) is 0 Å². The van der Waals surface area contributed by atoms with Gasteiger partial charge < -0.3 is 18.9 Å². The van der Waals surface area contributed by atoms with Gasteiger partial charge in [-0.25, -0.2) is 4.79 Å². The Balaban J connectivity index is 3.00. The second kappa shape index (κ2) is 8.15. The van der Waals surface area contributed by atoms with Gasteiger partial charge in [0.15, 0.2) is 6.79 Å². The molecule has 0 aliphatic rings. The van der Waals surface area contributed by atoms with E-state index in [1.807, 2.05) is 33.8 Å². The average molecular weight is 338 g/mol. The molecule has 0 atom stereocenters. The summed E-state index contributed by atoms with van der Waals surface area (Å²) in [6.45, 7) is 12.0. The second-order valence-corrected chi connectivity index (χ2v) is 6.39. The van der Waals surface area contributed by atoms with E-state index in [2.05, 4.69) is 0 Å². The fourth-order valence-corrected chi connectivity index (χ4v) is 2.44. The van der Waals surface area contributed by atoms with Gasteiger partial charge in [-0.15, -0.1) is 0 Å². The molecule has 0 aliphatic heterocycles. The quantitative estimate of drug-likeness (QED) is 0.443. The first-order chi connectivity index (χ1) is 11.0.